The maximum atomic E-state index is 12.2. The average Bonchev–Trinajstić information content (AvgIpc) is 2.80. The SMILES string of the molecule is CN(C)C(=O)/C=C/C(=C1/OC(c2ccccc2)=Nc2ccccc21)c1ccccc1. The maximum absolute atomic E-state index is 12.2. The van der Waals surface area contributed by atoms with Gasteiger partial charge in [-0.3, -0.25) is 4.79 Å². The summed E-state index contributed by atoms with van der Waals surface area (Å²) in [5.41, 5.74) is 4.39. The van der Waals surface area contributed by atoms with Crippen LogP contribution in [0.3, 0.4) is 0 Å². The number of amides is 1. The van der Waals surface area contributed by atoms with Crippen molar-refractivity contribution in [1.29, 1.82) is 0 Å². The minimum atomic E-state index is -0.0925. The third-order valence-corrected chi connectivity index (χ3v) is 4.75. The van der Waals surface area contributed by atoms with Crippen LogP contribution in [0.4, 0.5) is 5.69 Å². The van der Waals surface area contributed by atoms with Crippen LogP contribution in [0.25, 0.3) is 11.3 Å². The Morgan fingerprint density at radius 3 is 2.17 bits per heavy atom. The molecule has 4 heteroatoms. The first kappa shape index (κ1) is 19.4. The summed E-state index contributed by atoms with van der Waals surface area (Å²) in [4.78, 5) is 18.5. The van der Waals surface area contributed by atoms with Gasteiger partial charge in [0.05, 0.1) is 5.69 Å². The number of nitrogens with zero attached hydrogens (tertiary/aromatic N) is 2. The van der Waals surface area contributed by atoms with Gasteiger partial charge in [-0.15, -0.1) is 0 Å². The lowest BCUT2D eigenvalue weighted by Crippen LogP contribution is -2.18. The number of para-hydroxylation sites is 1. The molecule has 0 unspecified atom stereocenters. The Morgan fingerprint density at radius 2 is 1.47 bits per heavy atom. The molecule has 4 nitrogen and oxygen atoms in total. The molecule has 1 aliphatic heterocycles. The van der Waals surface area contributed by atoms with Crippen LogP contribution in [0.5, 0.6) is 0 Å². The number of aliphatic imine (C=N–C) groups is 1. The number of allylic oxidation sites excluding steroid dienone is 2. The Balaban J connectivity index is 1.91. The van der Waals surface area contributed by atoms with Crippen LogP contribution in [-0.4, -0.2) is 30.8 Å². The molecule has 3 aromatic carbocycles. The van der Waals surface area contributed by atoms with Crippen molar-refractivity contribution >= 4 is 28.8 Å². The van der Waals surface area contributed by atoms with E-state index in [4.69, 9.17) is 9.73 Å². The second kappa shape index (κ2) is 8.62. The second-order valence-electron chi connectivity index (χ2n) is 7.08. The lowest BCUT2D eigenvalue weighted by molar-refractivity contribution is -0.123. The quantitative estimate of drug-likeness (QED) is 0.563. The van der Waals surface area contributed by atoms with E-state index in [1.54, 1.807) is 20.2 Å². The number of carbonyl (C=O) groups is 1. The predicted octanol–water partition coefficient (Wildman–Crippen LogP) is 5.31. The molecule has 1 heterocycles. The van der Waals surface area contributed by atoms with E-state index in [9.17, 15) is 4.79 Å². The Bertz CT molecular complexity index is 1140. The van der Waals surface area contributed by atoms with Crippen molar-refractivity contribution in [3.8, 4) is 0 Å². The molecule has 3 aromatic rings. The highest BCUT2D eigenvalue weighted by atomic mass is 16.5. The van der Waals surface area contributed by atoms with Gasteiger partial charge in [0, 0.05) is 36.9 Å². The minimum absolute atomic E-state index is 0.0925. The number of hydrogen-bond acceptors (Lipinski definition) is 3. The monoisotopic (exact) mass is 394 g/mol. The van der Waals surface area contributed by atoms with E-state index >= 15 is 0 Å². The highest BCUT2D eigenvalue weighted by molar-refractivity contribution is 6.08. The third-order valence-electron chi connectivity index (χ3n) is 4.75. The summed E-state index contributed by atoms with van der Waals surface area (Å²) in [6, 6.07) is 27.6. The van der Waals surface area contributed by atoms with Crippen molar-refractivity contribution in [2.45, 2.75) is 0 Å². The summed E-state index contributed by atoms with van der Waals surface area (Å²) in [6.07, 6.45) is 3.38. The largest absolute Gasteiger partial charge is 0.437 e. The average molecular weight is 394 g/mol. The zero-order chi connectivity index (χ0) is 20.9. The van der Waals surface area contributed by atoms with E-state index in [1.807, 2.05) is 91.0 Å². The van der Waals surface area contributed by atoms with Gasteiger partial charge in [0.25, 0.3) is 0 Å². The number of hydrogen-bond donors (Lipinski definition) is 0. The second-order valence-corrected chi connectivity index (χ2v) is 7.08. The van der Waals surface area contributed by atoms with E-state index in [-0.39, 0.29) is 5.91 Å². The molecule has 0 saturated carbocycles. The molecule has 0 atom stereocenters. The molecule has 0 saturated heterocycles. The van der Waals surface area contributed by atoms with Crippen LogP contribution in [0.2, 0.25) is 0 Å². The molecule has 0 aliphatic carbocycles. The van der Waals surface area contributed by atoms with Crippen LogP contribution < -0.4 is 0 Å². The molecule has 0 N–H and O–H groups in total. The molecule has 1 aliphatic rings. The van der Waals surface area contributed by atoms with Crippen molar-refractivity contribution in [2.75, 3.05) is 14.1 Å². The Kier molecular flexibility index (Phi) is 5.57. The standard InChI is InChI=1S/C26H22N2O2/c1-28(2)24(29)18-17-21(19-11-5-3-6-12-19)25-22-15-9-10-16-23(22)27-26(30-25)20-13-7-4-8-14-20/h3-18H,1-2H3/b18-17+,25-21-. The minimum Gasteiger partial charge on any atom is -0.437 e. The van der Waals surface area contributed by atoms with Crippen molar-refractivity contribution < 1.29 is 9.53 Å². The van der Waals surface area contributed by atoms with Crippen LogP contribution in [0.15, 0.2) is 102 Å². The van der Waals surface area contributed by atoms with Gasteiger partial charge in [-0.1, -0.05) is 60.7 Å². The molecule has 30 heavy (non-hydrogen) atoms. The molecule has 0 aromatic heterocycles. The molecule has 0 radical (unpaired) electrons. The molecule has 1 amide bonds. The van der Waals surface area contributed by atoms with Gasteiger partial charge in [0.2, 0.25) is 11.8 Å². The van der Waals surface area contributed by atoms with Gasteiger partial charge >= 0.3 is 0 Å². The van der Waals surface area contributed by atoms with Crippen LogP contribution >= 0.6 is 0 Å². The summed E-state index contributed by atoms with van der Waals surface area (Å²) in [5.74, 6) is 1.11. The Hall–Kier alpha value is -3.92. The highest BCUT2D eigenvalue weighted by Crippen LogP contribution is 2.38. The molecule has 0 bridgehead atoms. The summed E-state index contributed by atoms with van der Waals surface area (Å²) in [5, 5.41) is 0. The molecular weight excluding hydrogens is 372 g/mol. The van der Waals surface area contributed by atoms with E-state index in [0.717, 1.165) is 28.0 Å². The van der Waals surface area contributed by atoms with E-state index in [1.165, 1.54) is 4.90 Å². The fourth-order valence-electron chi connectivity index (χ4n) is 3.18. The smallest absolute Gasteiger partial charge is 0.246 e. The van der Waals surface area contributed by atoms with Crippen molar-refractivity contribution in [3.63, 3.8) is 0 Å². The van der Waals surface area contributed by atoms with Gasteiger partial charge in [-0.05, 0) is 35.9 Å². The lowest BCUT2D eigenvalue weighted by Gasteiger charge is -2.22. The molecular formula is C26H22N2O2. The molecule has 148 valence electrons. The van der Waals surface area contributed by atoms with E-state index < -0.39 is 0 Å². The Labute approximate surface area is 176 Å². The topological polar surface area (TPSA) is 41.9 Å². The zero-order valence-corrected chi connectivity index (χ0v) is 16.9. The van der Waals surface area contributed by atoms with Gasteiger partial charge in [0.1, 0.15) is 5.76 Å². The first-order valence-electron chi connectivity index (χ1n) is 9.74. The van der Waals surface area contributed by atoms with Crippen LogP contribution in [-0.2, 0) is 9.53 Å². The van der Waals surface area contributed by atoms with Gasteiger partial charge in [-0.2, -0.15) is 0 Å². The number of carbonyl (C=O) groups excluding carboxylic acids is 1. The van der Waals surface area contributed by atoms with Crippen LogP contribution in [0, 0.1) is 0 Å². The lowest BCUT2D eigenvalue weighted by atomic mass is 9.98. The maximum Gasteiger partial charge on any atom is 0.246 e. The van der Waals surface area contributed by atoms with Crippen molar-refractivity contribution in [1.82, 2.24) is 4.90 Å². The van der Waals surface area contributed by atoms with Gasteiger partial charge in [0.15, 0.2) is 0 Å². The summed E-state index contributed by atoms with van der Waals surface area (Å²) in [7, 11) is 3.46. The summed E-state index contributed by atoms with van der Waals surface area (Å²) in [6.45, 7) is 0. The van der Waals surface area contributed by atoms with Crippen LogP contribution in [0.1, 0.15) is 16.7 Å². The number of ether oxygens (including phenoxy) is 1. The number of benzene rings is 3. The predicted molar refractivity (Wildman–Crippen MR) is 121 cm³/mol. The zero-order valence-electron chi connectivity index (χ0n) is 16.9. The fourth-order valence-corrected chi connectivity index (χ4v) is 3.18. The van der Waals surface area contributed by atoms with E-state index in [2.05, 4.69) is 0 Å². The fraction of sp³-hybridized carbons (Fsp3) is 0.0769. The van der Waals surface area contributed by atoms with Gasteiger partial charge in [-0.25, -0.2) is 4.99 Å². The number of likely N-dealkylation sites (N-methyl/N-ethyl adjacent to an activating group) is 1. The number of fused-ring (bicyclic) bond motifs is 1. The summed E-state index contributed by atoms with van der Waals surface area (Å²) >= 11 is 0. The highest BCUT2D eigenvalue weighted by Gasteiger charge is 2.23. The third kappa shape index (κ3) is 4.08. The van der Waals surface area contributed by atoms with Crippen molar-refractivity contribution in [3.05, 3.63) is 114 Å². The Morgan fingerprint density at radius 1 is 0.833 bits per heavy atom. The normalized spacial score (nSPS) is 14.5. The molecule has 0 fully saturated rings. The van der Waals surface area contributed by atoms with Gasteiger partial charge < -0.3 is 9.64 Å². The molecule has 0 spiro atoms. The van der Waals surface area contributed by atoms with Crippen molar-refractivity contribution in [2.24, 2.45) is 4.99 Å². The summed E-state index contributed by atoms with van der Waals surface area (Å²) < 4.78 is 6.36. The first-order chi connectivity index (χ1) is 14.6. The van der Waals surface area contributed by atoms with E-state index in [0.29, 0.717) is 11.7 Å². The first-order valence-corrected chi connectivity index (χ1v) is 9.74. The number of rotatable bonds is 4. The molecule has 4 rings (SSSR count).